The number of hydrogen-bond donors (Lipinski definition) is 0. The van der Waals surface area contributed by atoms with Crippen LogP contribution in [0.5, 0.6) is 0 Å². The van der Waals surface area contributed by atoms with E-state index in [-0.39, 0.29) is 0 Å². The number of fused-ring (bicyclic) bond motifs is 18. The molecule has 0 saturated carbocycles. The highest BCUT2D eigenvalue weighted by Crippen LogP contribution is 2.45. The molecule has 0 fully saturated rings. The van der Waals surface area contributed by atoms with Crippen LogP contribution in [0.3, 0.4) is 0 Å². The van der Waals surface area contributed by atoms with Crippen molar-refractivity contribution in [1.82, 2.24) is 48.2 Å². The Kier molecular flexibility index (Phi) is 13.7. The van der Waals surface area contributed by atoms with E-state index >= 15 is 0 Å². The molecule has 0 atom stereocenters. The highest BCUT2D eigenvalue weighted by Gasteiger charge is 2.26. The molecule has 0 aliphatic rings. The largest absolute Gasteiger partial charge is 0.456 e. The van der Waals surface area contributed by atoms with Gasteiger partial charge in [-0.15, -0.1) is 0 Å². The van der Waals surface area contributed by atoms with Gasteiger partial charge in [-0.05, 0) is 108 Å². The first-order valence-electron chi connectivity index (χ1n) is 36.2. The van der Waals surface area contributed by atoms with Gasteiger partial charge in [-0.2, -0.15) is 19.9 Å². The smallest absolute Gasteiger partial charge is 0.238 e. The summed E-state index contributed by atoms with van der Waals surface area (Å²) in [5, 5.41) is 13.2. The second kappa shape index (κ2) is 24.4. The summed E-state index contributed by atoms with van der Waals surface area (Å²) in [6, 6.07) is 122. The lowest BCUT2D eigenvalue weighted by molar-refractivity contribution is 0.669. The summed E-state index contributed by atoms with van der Waals surface area (Å²) < 4.78 is 22.3. The monoisotopic (exact) mass is 1380 g/mol. The zero-order chi connectivity index (χ0) is 70.9. The average Bonchev–Trinajstić information content (AvgIpc) is 1.57. The molecule has 8 heterocycles. The van der Waals surface area contributed by atoms with E-state index in [0.717, 1.165) is 165 Å². The van der Waals surface area contributed by atoms with Gasteiger partial charge < -0.3 is 18.0 Å². The molecule has 0 aliphatic carbocycles. The van der Waals surface area contributed by atoms with E-state index in [0.29, 0.717) is 35.2 Å². The van der Waals surface area contributed by atoms with Gasteiger partial charge in [0, 0.05) is 98.3 Å². The molecule has 0 unspecified atom stereocenters. The predicted octanol–water partition coefficient (Wildman–Crippen LogP) is 24.3. The van der Waals surface area contributed by atoms with Crippen LogP contribution in [0.4, 0.5) is 0 Å². The molecule has 12 nitrogen and oxygen atoms in total. The number of hydrogen-bond acceptors (Lipinski definition) is 8. The van der Waals surface area contributed by atoms with E-state index in [1.54, 1.807) is 0 Å². The Balaban J connectivity index is 0.000000135. The first-order valence-corrected chi connectivity index (χ1v) is 36.2. The van der Waals surface area contributed by atoms with Crippen LogP contribution < -0.4 is 0 Å². The molecule has 0 bridgehead atoms. The third-order valence-electron chi connectivity index (χ3n) is 21.2. The number of para-hydroxylation sites is 8. The first kappa shape index (κ1) is 60.7. The van der Waals surface area contributed by atoms with Crippen LogP contribution >= 0.6 is 0 Å². The number of rotatable bonds is 9. The molecule has 23 rings (SSSR count). The van der Waals surface area contributed by atoms with Crippen LogP contribution in [0.1, 0.15) is 0 Å². The molecule has 15 aromatic carbocycles. The second-order valence-corrected chi connectivity index (χ2v) is 27.3. The van der Waals surface area contributed by atoms with Gasteiger partial charge in [-0.1, -0.05) is 255 Å². The molecular formula is C96H58N10O2. The maximum absolute atomic E-state index is 6.69. The van der Waals surface area contributed by atoms with E-state index in [2.05, 4.69) is 309 Å². The van der Waals surface area contributed by atoms with Crippen LogP contribution in [0.2, 0.25) is 0 Å². The van der Waals surface area contributed by atoms with Crippen molar-refractivity contribution in [2.45, 2.75) is 0 Å². The lowest BCUT2D eigenvalue weighted by Gasteiger charge is -2.12. The standard InChI is InChI=1S/C51H31N5O.C45H27N5O/c1-3-14-32(15-4-1)33-26-28-34(29-27-33)49-52-50(54-51(53-49)56-43-23-11-7-18-36(43)37-19-8-12-24-44(37)56)39-21-13-25-46-48(39)41-30-45-40(31-47(41)57-46)38-20-9-10-22-42(38)55(45)35-16-5-2-6-17-35;1-3-14-28(15-4-1)43-46-44(48-45(47-43)50-37-23-11-7-18-30(37)31-19-8-12-24-38(31)50)33-21-13-25-40-42(33)35-26-39-34(27-41(35)51-40)32-20-9-10-22-36(32)49(39)29-16-5-2-6-17-29/h1-31H;1-27H. The Morgan fingerprint density at radius 1 is 0.185 bits per heavy atom. The van der Waals surface area contributed by atoms with E-state index in [1.807, 2.05) is 60.7 Å². The summed E-state index contributed by atoms with van der Waals surface area (Å²) in [6.07, 6.45) is 0. The Labute approximate surface area is 616 Å². The summed E-state index contributed by atoms with van der Waals surface area (Å²) in [5.74, 6) is 3.46. The first-order chi connectivity index (χ1) is 53.6. The Morgan fingerprint density at radius 3 is 0.870 bits per heavy atom. The molecule has 0 N–H and O–H groups in total. The van der Waals surface area contributed by atoms with Crippen molar-refractivity contribution in [2.75, 3.05) is 0 Å². The fourth-order valence-corrected chi connectivity index (χ4v) is 16.4. The second-order valence-electron chi connectivity index (χ2n) is 27.3. The topological polar surface area (TPSA) is 123 Å². The predicted molar refractivity (Wildman–Crippen MR) is 439 cm³/mol. The molecule has 23 aromatic rings. The Bertz CT molecular complexity index is 7440. The van der Waals surface area contributed by atoms with Crippen LogP contribution in [-0.4, -0.2) is 48.2 Å². The molecule has 0 aliphatic heterocycles. The van der Waals surface area contributed by atoms with Crippen LogP contribution in [0, 0.1) is 0 Å². The highest BCUT2D eigenvalue weighted by atomic mass is 16.3. The summed E-state index contributed by atoms with van der Waals surface area (Å²) >= 11 is 0. The van der Waals surface area contributed by atoms with Crippen molar-refractivity contribution < 1.29 is 8.83 Å². The third kappa shape index (κ3) is 9.64. The van der Waals surface area contributed by atoms with Crippen molar-refractivity contribution in [3.05, 3.63) is 352 Å². The molecule has 8 aromatic heterocycles. The number of nitrogens with zero attached hydrogens (tertiary/aromatic N) is 10. The van der Waals surface area contributed by atoms with Gasteiger partial charge in [0.15, 0.2) is 23.3 Å². The van der Waals surface area contributed by atoms with E-state index in [1.165, 1.54) is 10.8 Å². The molecule has 0 amide bonds. The minimum Gasteiger partial charge on any atom is -0.456 e. The van der Waals surface area contributed by atoms with Crippen molar-refractivity contribution in [2.24, 2.45) is 0 Å². The summed E-state index contributed by atoms with van der Waals surface area (Å²) in [5.41, 5.74) is 19.9. The van der Waals surface area contributed by atoms with Crippen molar-refractivity contribution in [3.8, 4) is 79.9 Å². The fourth-order valence-electron chi connectivity index (χ4n) is 16.4. The highest BCUT2D eigenvalue weighted by molar-refractivity contribution is 6.22. The maximum atomic E-state index is 6.69. The molecule has 108 heavy (non-hydrogen) atoms. The molecular weight excluding hydrogens is 1330 g/mol. The zero-order valence-corrected chi connectivity index (χ0v) is 57.8. The van der Waals surface area contributed by atoms with E-state index in [4.69, 9.17) is 38.7 Å². The molecule has 12 heteroatoms. The van der Waals surface area contributed by atoms with Gasteiger partial charge >= 0.3 is 0 Å². The summed E-state index contributed by atoms with van der Waals surface area (Å²) in [6.45, 7) is 0. The lowest BCUT2D eigenvalue weighted by atomic mass is 10.0. The fraction of sp³-hybridized carbons (Fsp3) is 0. The number of furan rings is 2. The number of benzene rings is 15. The van der Waals surface area contributed by atoms with Crippen LogP contribution in [0.25, 0.3) is 211 Å². The van der Waals surface area contributed by atoms with Crippen molar-refractivity contribution >= 4 is 131 Å². The van der Waals surface area contributed by atoms with Gasteiger partial charge in [0.05, 0.1) is 44.1 Å². The third-order valence-corrected chi connectivity index (χ3v) is 21.2. The average molecular weight is 1380 g/mol. The van der Waals surface area contributed by atoms with Gasteiger partial charge in [-0.3, -0.25) is 9.13 Å². The zero-order valence-electron chi connectivity index (χ0n) is 57.8. The molecule has 504 valence electrons. The SMILES string of the molecule is c1ccc(-c2ccc(-c3nc(-c4cccc5oc6cc7c8ccccc8n(-c8ccccc8)c7cc6c45)nc(-n4c5ccccc5c5ccccc54)n3)cc2)cc1.c1ccc(-c2nc(-c3cccc4oc5cc6c7ccccc7n(-c7ccccc7)c6cc5c34)nc(-n3c4ccccc4c4ccccc43)n2)cc1. The minimum atomic E-state index is 0.552. The van der Waals surface area contributed by atoms with Crippen LogP contribution in [0.15, 0.2) is 361 Å². The van der Waals surface area contributed by atoms with Gasteiger partial charge in [0.2, 0.25) is 11.9 Å². The van der Waals surface area contributed by atoms with Gasteiger partial charge in [0.25, 0.3) is 0 Å². The quantitative estimate of drug-likeness (QED) is 0.140. The molecule has 0 saturated heterocycles. The maximum Gasteiger partial charge on any atom is 0.238 e. The van der Waals surface area contributed by atoms with E-state index < -0.39 is 0 Å². The number of aromatic nitrogens is 10. The van der Waals surface area contributed by atoms with Crippen LogP contribution in [-0.2, 0) is 0 Å². The summed E-state index contributed by atoms with van der Waals surface area (Å²) in [4.78, 5) is 31.4. The van der Waals surface area contributed by atoms with Crippen molar-refractivity contribution in [3.63, 3.8) is 0 Å². The minimum absolute atomic E-state index is 0.552. The lowest BCUT2D eigenvalue weighted by Crippen LogP contribution is -2.06. The van der Waals surface area contributed by atoms with E-state index in [9.17, 15) is 0 Å². The van der Waals surface area contributed by atoms with Crippen molar-refractivity contribution in [1.29, 1.82) is 0 Å². The Hall–Kier alpha value is -14.9. The molecule has 0 radical (unpaired) electrons. The Morgan fingerprint density at radius 2 is 0.481 bits per heavy atom. The van der Waals surface area contributed by atoms with Gasteiger partial charge in [-0.25, -0.2) is 9.97 Å². The molecule has 0 spiro atoms. The summed E-state index contributed by atoms with van der Waals surface area (Å²) in [7, 11) is 0. The van der Waals surface area contributed by atoms with Gasteiger partial charge in [0.1, 0.15) is 22.3 Å². The normalized spacial score (nSPS) is 11.9.